The summed E-state index contributed by atoms with van der Waals surface area (Å²) in [5.74, 6) is 1.71. The lowest BCUT2D eigenvalue weighted by Gasteiger charge is -2.14. The molecule has 0 aromatic carbocycles. The van der Waals surface area contributed by atoms with E-state index >= 15 is 0 Å². The maximum atomic E-state index is 13.0. The number of aromatic nitrogens is 3. The Balaban J connectivity index is 1.51. The number of aryl methyl sites for hydroxylation is 1. The predicted octanol–water partition coefficient (Wildman–Crippen LogP) is 5.36. The molecule has 0 bridgehead atoms. The van der Waals surface area contributed by atoms with Crippen LogP contribution in [0.15, 0.2) is 28.0 Å². The van der Waals surface area contributed by atoms with Crippen LogP contribution in [-0.2, 0) is 24.2 Å². The van der Waals surface area contributed by atoms with Crippen molar-refractivity contribution in [2.75, 3.05) is 5.32 Å². The molecule has 1 aliphatic rings. The molecule has 0 radical (unpaired) electrons. The van der Waals surface area contributed by atoms with E-state index in [-0.39, 0.29) is 11.8 Å². The molecule has 1 aliphatic carbocycles. The molecule has 1 atom stereocenters. The van der Waals surface area contributed by atoms with E-state index in [1.165, 1.54) is 23.1 Å². The minimum Gasteiger partial charge on any atom is -0.467 e. The average molecular weight is 470 g/mol. The number of nitriles is 1. The van der Waals surface area contributed by atoms with Crippen LogP contribution in [0.25, 0.3) is 0 Å². The van der Waals surface area contributed by atoms with Crippen molar-refractivity contribution in [3.8, 4) is 6.07 Å². The van der Waals surface area contributed by atoms with Crippen molar-refractivity contribution in [1.29, 1.82) is 5.26 Å². The molecular formula is C23H27N5O2S2. The molecular weight excluding hydrogens is 442 g/mol. The first-order valence-corrected chi connectivity index (χ1v) is 12.6. The second kappa shape index (κ2) is 9.92. The number of hydrogen-bond donors (Lipinski definition) is 1. The summed E-state index contributed by atoms with van der Waals surface area (Å²) in [6.07, 6.45) is 6.99. The maximum absolute atomic E-state index is 13.0. The summed E-state index contributed by atoms with van der Waals surface area (Å²) in [4.78, 5) is 14.3. The van der Waals surface area contributed by atoms with Crippen molar-refractivity contribution < 1.29 is 9.21 Å². The van der Waals surface area contributed by atoms with Gasteiger partial charge in [0.2, 0.25) is 5.91 Å². The van der Waals surface area contributed by atoms with Crippen molar-refractivity contribution in [2.45, 2.75) is 75.7 Å². The normalized spacial score (nSPS) is 14.6. The lowest BCUT2D eigenvalue weighted by molar-refractivity contribution is -0.115. The van der Waals surface area contributed by atoms with Crippen LogP contribution in [-0.4, -0.2) is 25.9 Å². The van der Waals surface area contributed by atoms with Crippen molar-refractivity contribution in [1.82, 2.24) is 14.8 Å². The maximum Gasteiger partial charge on any atom is 0.238 e. The number of anilines is 1. The van der Waals surface area contributed by atoms with Crippen molar-refractivity contribution in [2.24, 2.45) is 0 Å². The molecule has 9 heteroatoms. The topological polar surface area (TPSA) is 96.7 Å². The summed E-state index contributed by atoms with van der Waals surface area (Å²) < 4.78 is 7.51. The highest BCUT2D eigenvalue weighted by molar-refractivity contribution is 8.00. The van der Waals surface area contributed by atoms with Gasteiger partial charge in [-0.1, -0.05) is 32.0 Å². The minimum atomic E-state index is -0.400. The van der Waals surface area contributed by atoms with Crippen LogP contribution in [0.3, 0.4) is 0 Å². The van der Waals surface area contributed by atoms with E-state index in [1.54, 1.807) is 17.6 Å². The number of carbonyl (C=O) groups excluding carboxylic acids is 1. The van der Waals surface area contributed by atoms with Gasteiger partial charge in [0.25, 0.3) is 0 Å². The van der Waals surface area contributed by atoms with Gasteiger partial charge in [-0.3, -0.25) is 9.36 Å². The molecule has 0 spiro atoms. The number of rotatable bonds is 7. The number of amides is 1. The SMILES string of the molecule is CC(Sc1nnc(C(C)C)n1Cc1ccco1)C(=O)Nc1sc2c(c1C#N)CCCCC2. The summed E-state index contributed by atoms with van der Waals surface area (Å²) in [5.41, 5.74) is 1.77. The average Bonchev–Trinajstić information content (AvgIpc) is 3.45. The summed E-state index contributed by atoms with van der Waals surface area (Å²) >= 11 is 2.92. The third-order valence-electron chi connectivity index (χ3n) is 5.58. The van der Waals surface area contributed by atoms with Crippen LogP contribution in [0, 0.1) is 11.3 Å². The van der Waals surface area contributed by atoms with E-state index in [0.29, 0.717) is 22.3 Å². The zero-order valence-electron chi connectivity index (χ0n) is 18.6. The summed E-state index contributed by atoms with van der Waals surface area (Å²) in [7, 11) is 0. The Morgan fingerprint density at radius 1 is 1.31 bits per heavy atom. The fourth-order valence-corrected chi connectivity index (χ4v) is 5.99. The standard InChI is InChI=1S/C23H27N5O2S2/c1-14(2)20-26-27-23(28(20)13-16-8-7-11-30-16)31-15(3)21(29)25-22-18(12-24)17-9-5-4-6-10-19(17)32-22/h7-8,11,14-15H,4-6,9-10,13H2,1-3H3,(H,25,29). The largest absolute Gasteiger partial charge is 0.467 e. The molecule has 0 aliphatic heterocycles. The molecule has 0 saturated carbocycles. The van der Waals surface area contributed by atoms with Gasteiger partial charge in [0.05, 0.1) is 23.6 Å². The monoisotopic (exact) mass is 469 g/mol. The van der Waals surface area contributed by atoms with Gasteiger partial charge < -0.3 is 9.73 Å². The molecule has 3 aromatic rings. The van der Waals surface area contributed by atoms with E-state index in [1.807, 2.05) is 23.6 Å². The molecule has 1 unspecified atom stereocenters. The number of thiophene rings is 1. The Morgan fingerprint density at radius 3 is 2.84 bits per heavy atom. The van der Waals surface area contributed by atoms with Crippen LogP contribution in [0.2, 0.25) is 0 Å². The number of nitrogens with zero attached hydrogens (tertiary/aromatic N) is 4. The lowest BCUT2D eigenvalue weighted by Crippen LogP contribution is -2.23. The molecule has 168 valence electrons. The molecule has 0 saturated heterocycles. The number of carbonyl (C=O) groups is 1. The van der Waals surface area contributed by atoms with Gasteiger partial charge in [0, 0.05) is 10.8 Å². The first-order valence-electron chi connectivity index (χ1n) is 11.0. The molecule has 7 nitrogen and oxygen atoms in total. The minimum absolute atomic E-state index is 0.137. The van der Waals surface area contributed by atoms with Crippen LogP contribution in [0.5, 0.6) is 0 Å². The van der Waals surface area contributed by atoms with Crippen LogP contribution < -0.4 is 5.32 Å². The van der Waals surface area contributed by atoms with Gasteiger partial charge in [-0.15, -0.1) is 21.5 Å². The van der Waals surface area contributed by atoms with Gasteiger partial charge in [-0.25, -0.2) is 0 Å². The number of furan rings is 1. The Kier molecular flexibility index (Phi) is 7.01. The van der Waals surface area contributed by atoms with Crippen LogP contribution in [0.4, 0.5) is 5.00 Å². The van der Waals surface area contributed by atoms with E-state index in [0.717, 1.165) is 42.8 Å². The first kappa shape index (κ1) is 22.6. The summed E-state index contributed by atoms with van der Waals surface area (Å²) in [6.45, 7) is 6.50. The number of hydrogen-bond acceptors (Lipinski definition) is 7. The van der Waals surface area contributed by atoms with Gasteiger partial charge in [0.15, 0.2) is 5.16 Å². The Morgan fingerprint density at radius 2 is 2.12 bits per heavy atom. The highest BCUT2D eigenvalue weighted by atomic mass is 32.2. The number of thioether (sulfide) groups is 1. The van der Waals surface area contributed by atoms with Crippen molar-refractivity contribution >= 4 is 34.0 Å². The van der Waals surface area contributed by atoms with E-state index in [2.05, 4.69) is 35.4 Å². The van der Waals surface area contributed by atoms with Gasteiger partial charge >= 0.3 is 0 Å². The lowest BCUT2D eigenvalue weighted by atomic mass is 10.1. The molecule has 1 N–H and O–H groups in total. The highest BCUT2D eigenvalue weighted by Gasteiger charge is 2.25. The van der Waals surface area contributed by atoms with E-state index in [9.17, 15) is 10.1 Å². The first-order chi connectivity index (χ1) is 15.5. The highest BCUT2D eigenvalue weighted by Crippen LogP contribution is 2.37. The smallest absolute Gasteiger partial charge is 0.238 e. The van der Waals surface area contributed by atoms with Gasteiger partial charge in [-0.05, 0) is 50.3 Å². The van der Waals surface area contributed by atoms with E-state index in [4.69, 9.17) is 4.42 Å². The zero-order chi connectivity index (χ0) is 22.7. The fraction of sp³-hybridized carbons (Fsp3) is 0.478. The number of fused-ring (bicyclic) bond motifs is 1. The third kappa shape index (κ3) is 4.76. The summed E-state index contributed by atoms with van der Waals surface area (Å²) in [6, 6.07) is 6.10. The molecule has 4 rings (SSSR count). The molecule has 32 heavy (non-hydrogen) atoms. The molecule has 0 fully saturated rings. The van der Waals surface area contributed by atoms with Gasteiger partial charge in [-0.2, -0.15) is 5.26 Å². The third-order valence-corrected chi connectivity index (χ3v) is 7.86. The van der Waals surface area contributed by atoms with Gasteiger partial charge in [0.1, 0.15) is 22.7 Å². The zero-order valence-corrected chi connectivity index (χ0v) is 20.2. The van der Waals surface area contributed by atoms with E-state index < -0.39 is 5.25 Å². The Hall–Kier alpha value is -2.57. The second-order valence-electron chi connectivity index (χ2n) is 8.29. The molecule has 3 heterocycles. The quantitative estimate of drug-likeness (QED) is 0.369. The molecule has 1 amide bonds. The van der Waals surface area contributed by atoms with Crippen LogP contribution in [0.1, 0.15) is 73.5 Å². The van der Waals surface area contributed by atoms with Crippen molar-refractivity contribution in [3.63, 3.8) is 0 Å². The number of nitrogens with one attached hydrogen (secondary N) is 1. The van der Waals surface area contributed by atoms with Crippen molar-refractivity contribution in [3.05, 3.63) is 46.0 Å². The predicted molar refractivity (Wildman–Crippen MR) is 126 cm³/mol. The fourth-order valence-electron chi connectivity index (χ4n) is 3.90. The summed E-state index contributed by atoms with van der Waals surface area (Å²) in [5, 5.41) is 22.4. The molecule has 3 aromatic heterocycles. The Bertz CT molecular complexity index is 1120. The van der Waals surface area contributed by atoms with Crippen LogP contribution >= 0.6 is 23.1 Å². The second-order valence-corrected chi connectivity index (χ2v) is 10.7. The Labute approximate surface area is 196 Å².